The zero-order valence-electron chi connectivity index (χ0n) is 23.5. The van der Waals surface area contributed by atoms with Gasteiger partial charge < -0.3 is 0 Å². The first-order valence-electron chi connectivity index (χ1n) is 14.9. The van der Waals surface area contributed by atoms with E-state index in [1.54, 1.807) is 0 Å². The molecule has 43 heavy (non-hydrogen) atoms. The zero-order chi connectivity index (χ0) is 28.4. The van der Waals surface area contributed by atoms with E-state index < -0.39 is 0 Å². The molecule has 0 saturated heterocycles. The van der Waals surface area contributed by atoms with Crippen LogP contribution in [0.25, 0.3) is 39.5 Å². The van der Waals surface area contributed by atoms with Gasteiger partial charge in [0.2, 0.25) is 0 Å². The van der Waals surface area contributed by atoms with Crippen LogP contribution in [0.5, 0.6) is 0 Å². The molecule has 5 aromatic carbocycles. The average molecular weight is 550 g/mol. The minimum atomic E-state index is -0.369. The monoisotopic (exact) mass is 549 g/mol. The molecule has 0 amide bonds. The molecule has 0 radical (unpaired) electrons. The standard InChI is InChI=1S/C40H27N3/c1-3-14-26(15-4-1)37-41-38(27-16-5-2-6-17-27)43-39(42-37)31-21-13-25-35-36(31)30-20-9-12-24-34(30)40(35)32-22-10-7-18-28(32)29-19-8-11-23-33(29)40/h1-20,22-25,31H,21H2. The van der Waals surface area contributed by atoms with Crippen molar-refractivity contribution in [2.75, 3.05) is 0 Å². The highest BCUT2D eigenvalue weighted by molar-refractivity contribution is 5.97. The van der Waals surface area contributed by atoms with Crippen molar-refractivity contribution in [3.05, 3.63) is 179 Å². The van der Waals surface area contributed by atoms with Crippen LogP contribution in [0, 0.1) is 0 Å². The number of allylic oxidation sites excluding steroid dienone is 4. The van der Waals surface area contributed by atoms with Gasteiger partial charge >= 0.3 is 0 Å². The highest BCUT2D eigenvalue weighted by atomic mass is 15.0. The van der Waals surface area contributed by atoms with Crippen molar-refractivity contribution in [2.45, 2.75) is 17.8 Å². The molecule has 1 unspecified atom stereocenters. The summed E-state index contributed by atoms with van der Waals surface area (Å²) in [6.07, 6.45) is 5.54. The smallest absolute Gasteiger partial charge is 0.163 e. The summed E-state index contributed by atoms with van der Waals surface area (Å²) in [5.41, 5.74) is 12.2. The van der Waals surface area contributed by atoms with E-state index in [0.717, 1.165) is 23.4 Å². The number of hydrogen-bond donors (Lipinski definition) is 0. The van der Waals surface area contributed by atoms with Crippen LogP contribution < -0.4 is 0 Å². The van der Waals surface area contributed by atoms with Crippen LogP contribution in [0.15, 0.2) is 151 Å². The molecule has 0 aliphatic heterocycles. The van der Waals surface area contributed by atoms with Gasteiger partial charge in [-0.15, -0.1) is 0 Å². The van der Waals surface area contributed by atoms with E-state index in [-0.39, 0.29) is 11.3 Å². The maximum atomic E-state index is 5.20. The summed E-state index contributed by atoms with van der Waals surface area (Å²) in [6, 6.07) is 47.4. The number of nitrogens with zero attached hydrogens (tertiary/aromatic N) is 3. The second-order valence-electron chi connectivity index (χ2n) is 11.5. The minimum Gasteiger partial charge on any atom is -0.212 e. The molecule has 9 rings (SSSR count). The molecule has 3 aliphatic carbocycles. The largest absolute Gasteiger partial charge is 0.212 e. The van der Waals surface area contributed by atoms with Crippen molar-refractivity contribution >= 4 is 5.57 Å². The Morgan fingerprint density at radius 1 is 0.488 bits per heavy atom. The molecule has 202 valence electrons. The number of aromatic nitrogens is 3. The number of hydrogen-bond acceptors (Lipinski definition) is 3. The Morgan fingerprint density at radius 2 is 0.953 bits per heavy atom. The fraction of sp³-hybridized carbons (Fsp3) is 0.0750. The van der Waals surface area contributed by atoms with Crippen LogP contribution in [0.4, 0.5) is 0 Å². The summed E-state index contributed by atoms with van der Waals surface area (Å²) in [5, 5.41) is 0. The fourth-order valence-electron chi connectivity index (χ4n) is 7.60. The van der Waals surface area contributed by atoms with E-state index in [4.69, 9.17) is 15.0 Å². The molecule has 0 saturated carbocycles. The summed E-state index contributed by atoms with van der Waals surface area (Å²) in [4.78, 5) is 15.4. The van der Waals surface area contributed by atoms with Crippen LogP contribution in [-0.4, -0.2) is 15.0 Å². The topological polar surface area (TPSA) is 38.7 Å². The third-order valence-electron chi connectivity index (χ3n) is 9.30. The summed E-state index contributed by atoms with van der Waals surface area (Å²) in [7, 11) is 0. The first kappa shape index (κ1) is 24.2. The lowest BCUT2D eigenvalue weighted by Gasteiger charge is -2.32. The Bertz CT molecular complexity index is 2000. The number of fused-ring (bicyclic) bond motifs is 9. The van der Waals surface area contributed by atoms with E-state index in [1.165, 1.54) is 44.5 Å². The SMILES string of the molecule is C1=CC2=C(c3ccccc3C23c2ccccc2-c2ccccc23)C(c2nc(-c3ccccc3)nc(-c3ccccc3)n2)C1. The first-order chi connectivity index (χ1) is 21.3. The summed E-state index contributed by atoms with van der Waals surface area (Å²) in [6.45, 7) is 0. The Morgan fingerprint density at radius 3 is 1.51 bits per heavy atom. The fourth-order valence-corrected chi connectivity index (χ4v) is 7.60. The maximum absolute atomic E-state index is 5.20. The van der Waals surface area contributed by atoms with E-state index in [0.29, 0.717) is 11.6 Å². The molecule has 0 bridgehead atoms. The van der Waals surface area contributed by atoms with Gasteiger partial charge in [-0.3, -0.25) is 0 Å². The lowest BCUT2D eigenvalue weighted by Crippen LogP contribution is -2.27. The van der Waals surface area contributed by atoms with Gasteiger partial charge in [0.1, 0.15) is 5.82 Å². The van der Waals surface area contributed by atoms with E-state index in [9.17, 15) is 0 Å². The molecule has 0 fully saturated rings. The average Bonchev–Trinajstić information content (AvgIpc) is 3.56. The van der Waals surface area contributed by atoms with Gasteiger partial charge in [-0.05, 0) is 50.9 Å². The van der Waals surface area contributed by atoms with Crippen molar-refractivity contribution in [1.82, 2.24) is 15.0 Å². The van der Waals surface area contributed by atoms with Crippen molar-refractivity contribution in [2.24, 2.45) is 0 Å². The van der Waals surface area contributed by atoms with E-state index in [1.807, 2.05) is 36.4 Å². The molecule has 6 aromatic rings. The Hall–Kier alpha value is -5.41. The zero-order valence-corrected chi connectivity index (χ0v) is 23.5. The normalized spacial score (nSPS) is 17.0. The van der Waals surface area contributed by atoms with Crippen LogP contribution in [-0.2, 0) is 5.41 Å². The molecule has 3 heteroatoms. The van der Waals surface area contributed by atoms with Gasteiger partial charge in [-0.25, -0.2) is 15.0 Å². The third-order valence-corrected chi connectivity index (χ3v) is 9.30. The lowest BCUT2D eigenvalue weighted by atomic mass is 9.68. The third kappa shape index (κ3) is 3.39. The van der Waals surface area contributed by atoms with E-state index in [2.05, 4.69) is 109 Å². The predicted molar refractivity (Wildman–Crippen MR) is 172 cm³/mol. The molecule has 1 atom stereocenters. The van der Waals surface area contributed by atoms with Crippen molar-refractivity contribution in [3.8, 4) is 33.9 Å². The van der Waals surface area contributed by atoms with Crippen LogP contribution >= 0.6 is 0 Å². The quantitative estimate of drug-likeness (QED) is 0.221. The molecular formula is C40H27N3. The Kier molecular flexibility index (Phi) is 5.24. The highest BCUT2D eigenvalue weighted by Gasteiger charge is 2.53. The Labute approximate surface area is 251 Å². The van der Waals surface area contributed by atoms with Gasteiger partial charge in [-0.2, -0.15) is 0 Å². The molecule has 1 heterocycles. The first-order valence-corrected chi connectivity index (χ1v) is 14.9. The van der Waals surface area contributed by atoms with Crippen molar-refractivity contribution in [3.63, 3.8) is 0 Å². The maximum Gasteiger partial charge on any atom is 0.163 e. The summed E-state index contributed by atoms with van der Waals surface area (Å²) in [5.74, 6) is 2.22. The van der Waals surface area contributed by atoms with Crippen LogP contribution in [0.1, 0.15) is 40.4 Å². The molecule has 3 aliphatic rings. The van der Waals surface area contributed by atoms with Crippen LogP contribution in [0.2, 0.25) is 0 Å². The second kappa shape index (κ2) is 9.30. The predicted octanol–water partition coefficient (Wildman–Crippen LogP) is 9.03. The van der Waals surface area contributed by atoms with Gasteiger partial charge in [-0.1, -0.05) is 146 Å². The summed E-state index contributed by atoms with van der Waals surface area (Å²) < 4.78 is 0. The van der Waals surface area contributed by atoms with Gasteiger partial charge in [0.25, 0.3) is 0 Å². The van der Waals surface area contributed by atoms with Crippen LogP contribution in [0.3, 0.4) is 0 Å². The summed E-state index contributed by atoms with van der Waals surface area (Å²) >= 11 is 0. The van der Waals surface area contributed by atoms with Gasteiger partial charge in [0.05, 0.1) is 5.41 Å². The van der Waals surface area contributed by atoms with E-state index >= 15 is 0 Å². The molecular weight excluding hydrogens is 522 g/mol. The van der Waals surface area contributed by atoms with Crippen molar-refractivity contribution in [1.29, 1.82) is 0 Å². The van der Waals surface area contributed by atoms with Gasteiger partial charge in [0, 0.05) is 17.0 Å². The van der Waals surface area contributed by atoms with Crippen molar-refractivity contribution < 1.29 is 0 Å². The number of rotatable bonds is 3. The molecule has 1 spiro atoms. The minimum absolute atomic E-state index is 0.00614. The van der Waals surface area contributed by atoms with Gasteiger partial charge in [0.15, 0.2) is 11.6 Å². The molecule has 0 N–H and O–H groups in total. The lowest BCUT2D eigenvalue weighted by molar-refractivity contribution is 0.749. The molecule has 3 nitrogen and oxygen atoms in total. The highest BCUT2D eigenvalue weighted by Crippen LogP contribution is 2.64. The number of benzene rings is 5. The molecule has 1 aromatic heterocycles. The second-order valence-corrected chi connectivity index (χ2v) is 11.5. The Balaban J connectivity index is 1.32.